The van der Waals surface area contributed by atoms with Crippen molar-refractivity contribution in [2.75, 3.05) is 26.3 Å². The average molecular weight is 231 g/mol. The summed E-state index contributed by atoms with van der Waals surface area (Å²) in [6, 6.07) is 0.199. The minimum Gasteiger partial charge on any atom is -0.392 e. The van der Waals surface area contributed by atoms with Crippen molar-refractivity contribution in [3.05, 3.63) is 0 Å². The first-order valence-electron chi connectivity index (χ1n) is 6.33. The summed E-state index contributed by atoms with van der Waals surface area (Å²) in [6.07, 6.45) is 2.59. The molecule has 3 atom stereocenters. The first-order valence-corrected chi connectivity index (χ1v) is 6.33. The minimum atomic E-state index is -0.445. The number of likely N-dealkylation sites (tertiary alicyclic amines) is 1. The van der Waals surface area contributed by atoms with E-state index in [1.165, 1.54) is 6.42 Å². The van der Waals surface area contributed by atoms with Crippen LogP contribution in [-0.4, -0.2) is 59.7 Å². The zero-order chi connectivity index (χ0) is 12.0. The highest BCUT2D eigenvalue weighted by molar-refractivity contribution is 4.82. The number of hydrogen-bond donors (Lipinski definition) is 2. The molecule has 96 valence electrons. The molecule has 3 unspecified atom stereocenters. The Balaban J connectivity index is 2.36. The van der Waals surface area contributed by atoms with Gasteiger partial charge in [-0.25, -0.2) is 0 Å². The molecule has 1 fully saturated rings. The lowest BCUT2D eigenvalue weighted by molar-refractivity contribution is -0.0192. The molecule has 16 heavy (non-hydrogen) atoms. The Morgan fingerprint density at radius 3 is 2.75 bits per heavy atom. The fraction of sp³-hybridized carbons (Fsp3) is 1.00. The maximum absolute atomic E-state index is 9.78. The van der Waals surface area contributed by atoms with E-state index in [1.54, 1.807) is 0 Å². The number of ether oxygens (including phenoxy) is 1. The molecule has 0 radical (unpaired) electrons. The fourth-order valence-electron chi connectivity index (χ4n) is 2.37. The van der Waals surface area contributed by atoms with Crippen molar-refractivity contribution in [2.45, 2.75) is 51.4 Å². The summed E-state index contributed by atoms with van der Waals surface area (Å²) in [6.45, 7) is 6.36. The van der Waals surface area contributed by atoms with E-state index in [4.69, 9.17) is 4.74 Å². The Kier molecular flexibility index (Phi) is 6.28. The molecule has 0 aromatic heterocycles. The lowest BCUT2D eigenvalue weighted by Gasteiger charge is -2.38. The summed E-state index contributed by atoms with van der Waals surface area (Å²) in [7, 11) is 0. The number of nitrogens with zero attached hydrogens (tertiary/aromatic N) is 1. The molecule has 4 nitrogen and oxygen atoms in total. The van der Waals surface area contributed by atoms with Gasteiger partial charge >= 0.3 is 0 Å². The lowest BCUT2D eigenvalue weighted by Crippen LogP contribution is -2.49. The largest absolute Gasteiger partial charge is 0.392 e. The van der Waals surface area contributed by atoms with Gasteiger partial charge in [0.2, 0.25) is 0 Å². The number of hydrogen-bond acceptors (Lipinski definition) is 4. The van der Waals surface area contributed by atoms with E-state index in [-0.39, 0.29) is 12.1 Å². The highest BCUT2D eigenvalue weighted by Crippen LogP contribution is 2.19. The first kappa shape index (κ1) is 13.9. The van der Waals surface area contributed by atoms with Gasteiger partial charge in [-0.15, -0.1) is 0 Å². The van der Waals surface area contributed by atoms with Gasteiger partial charge in [-0.05, 0) is 33.2 Å². The SMILES string of the molecule is CCOCC(O)CN1CCCCC1C(C)O. The van der Waals surface area contributed by atoms with Crippen molar-refractivity contribution in [1.82, 2.24) is 4.90 Å². The molecule has 0 aliphatic carbocycles. The van der Waals surface area contributed by atoms with E-state index in [9.17, 15) is 10.2 Å². The number of aliphatic hydroxyl groups excluding tert-OH is 2. The zero-order valence-corrected chi connectivity index (χ0v) is 10.4. The molecule has 0 spiro atoms. The van der Waals surface area contributed by atoms with E-state index in [2.05, 4.69) is 4.90 Å². The van der Waals surface area contributed by atoms with Crippen LogP contribution in [0.4, 0.5) is 0 Å². The van der Waals surface area contributed by atoms with Gasteiger partial charge in [0, 0.05) is 19.2 Å². The van der Waals surface area contributed by atoms with Crippen molar-refractivity contribution in [3.8, 4) is 0 Å². The quantitative estimate of drug-likeness (QED) is 0.703. The van der Waals surface area contributed by atoms with Gasteiger partial charge in [-0.3, -0.25) is 4.90 Å². The van der Waals surface area contributed by atoms with E-state index in [0.717, 1.165) is 19.4 Å². The van der Waals surface area contributed by atoms with Gasteiger partial charge in [-0.2, -0.15) is 0 Å². The number of β-amino-alcohol motifs (C(OH)–C–C–N with tert-alkyl or cyclic N) is 1. The number of piperidine rings is 1. The van der Waals surface area contributed by atoms with Gasteiger partial charge < -0.3 is 14.9 Å². The molecule has 0 amide bonds. The highest BCUT2D eigenvalue weighted by Gasteiger charge is 2.27. The van der Waals surface area contributed by atoms with E-state index in [0.29, 0.717) is 19.8 Å². The number of rotatable bonds is 6. The van der Waals surface area contributed by atoms with Crippen molar-refractivity contribution >= 4 is 0 Å². The Morgan fingerprint density at radius 2 is 2.12 bits per heavy atom. The minimum absolute atomic E-state index is 0.199. The maximum atomic E-state index is 9.78. The van der Waals surface area contributed by atoms with Crippen LogP contribution in [0.2, 0.25) is 0 Å². The molecular formula is C12H25NO3. The van der Waals surface area contributed by atoms with Crippen LogP contribution in [0.1, 0.15) is 33.1 Å². The van der Waals surface area contributed by atoms with Gasteiger partial charge in [-0.1, -0.05) is 6.42 Å². The van der Waals surface area contributed by atoms with Crippen molar-refractivity contribution < 1.29 is 14.9 Å². The van der Waals surface area contributed by atoms with Crippen molar-refractivity contribution in [1.29, 1.82) is 0 Å². The van der Waals surface area contributed by atoms with Gasteiger partial charge in [0.1, 0.15) is 0 Å². The summed E-state index contributed by atoms with van der Waals surface area (Å²) >= 11 is 0. The predicted molar refractivity (Wildman–Crippen MR) is 63.4 cm³/mol. The molecule has 0 aromatic carbocycles. The van der Waals surface area contributed by atoms with Gasteiger partial charge in [0.05, 0.1) is 18.8 Å². The maximum Gasteiger partial charge on any atom is 0.0900 e. The molecule has 0 bridgehead atoms. The van der Waals surface area contributed by atoms with E-state index < -0.39 is 6.10 Å². The standard InChI is InChI=1S/C12H25NO3/c1-3-16-9-11(15)8-13-7-5-4-6-12(13)10(2)14/h10-12,14-15H,3-9H2,1-2H3. The monoisotopic (exact) mass is 231 g/mol. The smallest absolute Gasteiger partial charge is 0.0900 e. The summed E-state index contributed by atoms with van der Waals surface area (Å²) in [5.74, 6) is 0. The Bertz CT molecular complexity index is 187. The Labute approximate surface area is 98.2 Å². The number of aliphatic hydroxyl groups is 2. The molecule has 0 saturated carbocycles. The summed E-state index contributed by atoms with van der Waals surface area (Å²) in [5, 5.41) is 19.5. The third-order valence-corrected chi connectivity index (χ3v) is 3.18. The van der Waals surface area contributed by atoms with Crippen molar-refractivity contribution in [2.24, 2.45) is 0 Å². The van der Waals surface area contributed by atoms with Gasteiger partial charge in [0.15, 0.2) is 0 Å². The zero-order valence-electron chi connectivity index (χ0n) is 10.4. The topological polar surface area (TPSA) is 52.9 Å². The van der Waals surface area contributed by atoms with Crippen LogP contribution in [0.25, 0.3) is 0 Å². The Hall–Kier alpha value is -0.160. The third kappa shape index (κ3) is 4.37. The molecule has 1 saturated heterocycles. The molecule has 1 aliphatic heterocycles. The first-order chi connectivity index (χ1) is 7.65. The van der Waals surface area contributed by atoms with E-state index >= 15 is 0 Å². The second-order valence-corrected chi connectivity index (χ2v) is 4.61. The fourth-order valence-corrected chi connectivity index (χ4v) is 2.37. The van der Waals surface area contributed by atoms with Crippen LogP contribution in [-0.2, 0) is 4.74 Å². The van der Waals surface area contributed by atoms with Crippen LogP contribution < -0.4 is 0 Å². The highest BCUT2D eigenvalue weighted by atomic mass is 16.5. The second-order valence-electron chi connectivity index (χ2n) is 4.61. The van der Waals surface area contributed by atoms with Crippen LogP contribution in [0.5, 0.6) is 0 Å². The molecule has 4 heteroatoms. The molecule has 1 heterocycles. The van der Waals surface area contributed by atoms with Gasteiger partial charge in [0.25, 0.3) is 0 Å². The summed E-state index contributed by atoms with van der Waals surface area (Å²) < 4.78 is 5.19. The molecule has 0 aromatic rings. The normalized spacial score (nSPS) is 26.6. The van der Waals surface area contributed by atoms with E-state index in [1.807, 2.05) is 13.8 Å². The molecular weight excluding hydrogens is 206 g/mol. The molecule has 2 N–H and O–H groups in total. The predicted octanol–water partition coefficient (Wildman–Crippen LogP) is 0.619. The van der Waals surface area contributed by atoms with Crippen LogP contribution in [0.15, 0.2) is 0 Å². The molecule has 1 rings (SSSR count). The third-order valence-electron chi connectivity index (χ3n) is 3.18. The van der Waals surface area contributed by atoms with Crippen LogP contribution in [0.3, 0.4) is 0 Å². The van der Waals surface area contributed by atoms with Crippen LogP contribution >= 0.6 is 0 Å². The second kappa shape index (κ2) is 7.22. The summed E-state index contributed by atoms with van der Waals surface area (Å²) in [4.78, 5) is 2.19. The lowest BCUT2D eigenvalue weighted by atomic mass is 9.98. The Morgan fingerprint density at radius 1 is 1.38 bits per heavy atom. The molecule has 1 aliphatic rings. The average Bonchev–Trinajstić information content (AvgIpc) is 2.27. The van der Waals surface area contributed by atoms with Crippen molar-refractivity contribution in [3.63, 3.8) is 0 Å². The summed E-state index contributed by atoms with van der Waals surface area (Å²) in [5.41, 5.74) is 0. The van der Waals surface area contributed by atoms with Crippen LogP contribution in [0, 0.1) is 0 Å².